The molecule has 3 nitrogen and oxygen atoms in total. The fraction of sp³-hybridized carbons (Fsp3) is 0.125. The summed E-state index contributed by atoms with van der Waals surface area (Å²) in [4.78, 5) is 16.9. The summed E-state index contributed by atoms with van der Waals surface area (Å²) in [5, 5.41) is 0.424. The number of rotatable bonds is 1. The lowest BCUT2D eigenvalue weighted by molar-refractivity contribution is -0.137. The maximum atomic E-state index is 12.6. The van der Waals surface area contributed by atoms with Crippen LogP contribution in [0.4, 0.5) is 13.2 Å². The summed E-state index contributed by atoms with van der Waals surface area (Å²) in [6.45, 7) is 1.64. The monoisotopic (exact) mass is 304 g/mol. The van der Waals surface area contributed by atoms with Crippen molar-refractivity contribution >= 4 is 10.9 Å². The summed E-state index contributed by atoms with van der Waals surface area (Å²) >= 11 is 0. The molecule has 1 heterocycles. The van der Waals surface area contributed by atoms with Gasteiger partial charge in [0.25, 0.3) is 5.56 Å². The van der Waals surface area contributed by atoms with Crippen LogP contribution in [-0.4, -0.2) is 9.55 Å². The van der Waals surface area contributed by atoms with Crippen molar-refractivity contribution < 1.29 is 13.2 Å². The molecule has 0 radical (unpaired) electrons. The minimum absolute atomic E-state index is 0.303. The highest BCUT2D eigenvalue weighted by molar-refractivity contribution is 5.77. The Labute approximate surface area is 123 Å². The van der Waals surface area contributed by atoms with Crippen LogP contribution < -0.4 is 5.56 Å². The molecule has 0 spiro atoms. The molecular formula is C16H11F3N2O. The number of halogens is 3. The van der Waals surface area contributed by atoms with Crippen LogP contribution in [0.25, 0.3) is 16.6 Å². The van der Waals surface area contributed by atoms with Crippen molar-refractivity contribution in [3.8, 4) is 5.69 Å². The van der Waals surface area contributed by atoms with Gasteiger partial charge < -0.3 is 0 Å². The zero-order valence-corrected chi connectivity index (χ0v) is 11.6. The summed E-state index contributed by atoms with van der Waals surface area (Å²) in [5.41, 5.74) is -0.138. The van der Waals surface area contributed by atoms with E-state index in [-0.39, 0.29) is 5.56 Å². The molecule has 0 saturated carbocycles. The first-order valence-electron chi connectivity index (χ1n) is 6.54. The van der Waals surface area contributed by atoms with Crippen LogP contribution in [0.2, 0.25) is 0 Å². The van der Waals surface area contributed by atoms with Crippen LogP contribution in [0.1, 0.15) is 11.4 Å². The average molecular weight is 304 g/mol. The topological polar surface area (TPSA) is 34.9 Å². The van der Waals surface area contributed by atoms with Crippen LogP contribution in [0.5, 0.6) is 0 Å². The molecular weight excluding hydrogens is 293 g/mol. The minimum Gasteiger partial charge on any atom is -0.268 e. The van der Waals surface area contributed by atoms with Crippen molar-refractivity contribution in [1.29, 1.82) is 0 Å². The van der Waals surface area contributed by atoms with E-state index in [1.165, 1.54) is 16.7 Å². The highest BCUT2D eigenvalue weighted by atomic mass is 19.4. The molecule has 3 aromatic rings. The average Bonchev–Trinajstić information content (AvgIpc) is 2.47. The Kier molecular flexibility index (Phi) is 3.24. The standard InChI is InChI=1S/C16H11F3N2O/c1-10-20-14-5-3-2-4-13(14)15(22)21(10)12-8-6-11(7-9-12)16(17,18)19/h2-9H,1H3. The van der Waals surface area contributed by atoms with Crippen molar-refractivity contribution in [3.05, 3.63) is 70.3 Å². The quantitative estimate of drug-likeness (QED) is 0.687. The van der Waals surface area contributed by atoms with Gasteiger partial charge in [-0.2, -0.15) is 13.2 Å². The van der Waals surface area contributed by atoms with Gasteiger partial charge in [0.1, 0.15) is 5.82 Å². The van der Waals surface area contributed by atoms with E-state index in [2.05, 4.69) is 4.98 Å². The number of hydrogen-bond acceptors (Lipinski definition) is 2. The third kappa shape index (κ3) is 2.36. The highest BCUT2D eigenvalue weighted by Gasteiger charge is 2.30. The third-order valence-corrected chi connectivity index (χ3v) is 3.40. The number of para-hydroxylation sites is 1. The molecule has 0 saturated heterocycles. The van der Waals surface area contributed by atoms with Gasteiger partial charge in [-0.3, -0.25) is 9.36 Å². The molecule has 3 rings (SSSR count). The number of aryl methyl sites for hydroxylation is 1. The summed E-state index contributed by atoms with van der Waals surface area (Å²) in [6.07, 6.45) is -4.40. The first kappa shape index (κ1) is 14.3. The van der Waals surface area contributed by atoms with Crippen molar-refractivity contribution in [3.63, 3.8) is 0 Å². The lowest BCUT2D eigenvalue weighted by Gasteiger charge is -2.12. The van der Waals surface area contributed by atoms with E-state index in [9.17, 15) is 18.0 Å². The van der Waals surface area contributed by atoms with Gasteiger partial charge in [-0.15, -0.1) is 0 Å². The highest BCUT2D eigenvalue weighted by Crippen LogP contribution is 2.29. The van der Waals surface area contributed by atoms with Gasteiger partial charge in [0.05, 0.1) is 22.2 Å². The summed E-state index contributed by atoms with van der Waals surface area (Å²) in [7, 11) is 0. The van der Waals surface area contributed by atoms with E-state index in [0.717, 1.165) is 12.1 Å². The maximum Gasteiger partial charge on any atom is 0.416 e. The second-order valence-corrected chi connectivity index (χ2v) is 4.86. The van der Waals surface area contributed by atoms with Crippen LogP contribution in [-0.2, 0) is 6.18 Å². The van der Waals surface area contributed by atoms with Gasteiger partial charge in [0.15, 0.2) is 0 Å². The maximum absolute atomic E-state index is 12.6. The molecule has 22 heavy (non-hydrogen) atoms. The smallest absolute Gasteiger partial charge is 0.268 e. The first-order valence-corrected chi connectivity index (χ1v) is 6.54. The molecule has 0 atom stereocenters. The number of aromatic nitrogens is 2. The zero-order chi connectivity index (χ0) is 15.9. The van der Waals surface area contributed by atoms with Gasteiger partial charge in [0.2, 0.25) is 0 Å². The number of alkyl halides is 3. The Hall–Kier alpha value is -2.63. The first-order chi connectivity index (χ1) is 10.4. The zero-order valence-electron chi connectivity index (χ0n) is 11.6. The van der Waals surface area contributed by atoms with Gasteiger partial charge in [-0.05, 0) is 43.3 Å². The van der Waals surface area contributed by atoms with Crippen molar-refractivity contribution in [2.45, 2.75) is 13.1 Å². The number of nitrogens with zero attached hydrogens (tertiary/aromatic N) is 2. The fourth-order valence-electron chi connectivity index (χ4n) is 2.35. The summed E-state index contributed by atoms with van der Waals surface area (Å²) in [6, 6.07) is 11.3. The summed E-state index contributed by atoms with van der Waals surface area (Å²) < 4.78 is 39.1. The molecule has 112 valence electrons. The van der Waals surface area contributed by atoms with Gasteiger partial charge in [-0.1, -0.05) is 12.1 Å². The second-order valence-electron chi connectivity index (χ2n) is 4.86. The Morgan fingerprint density at radius 3 is 2.27 bits per heavy atom. The molecule has 0 unspecified atom stereocenters. The second kappa shape index (κ2) is 4.98. The van der Waals surface area contributed by atoms with E-state index in [0.29, 0.717) is 22.4 Å². The van der Waals surface area contributed by atoms with Crippen LogP contribution >= 0.6 is 0 Å². The SMILES string of the molecule is Cc1nc2ccccc2c(=O)n1-c1ccc(C(F)(F)F)cc1. The Bertz CT molecular complexity index is 896. The van der Waals surface area contributed by atoms with Crippen LogP contribution in [0, 0.1) is 6.92 Å². The molecule has 0 N–H and O–H groups in total. The predicted molar refractivity (Wildman–Crippen MR) is 77.1 cm³/mol. The Morgan fingerprint density at radius 1 is 1.00 bits per heavy atom. The molecule has 0 bridgehead atoms. The molecule has 0 aliphatic carbocycles. The number of benzene rings is 2. The van der Waals surface area contributed by atoms with E-state index >= 15 is 0 Å². The lowest BCUT2D eigenvalue weighted by Crippen LogP contribution is -2.22. The van der Waals surface area contributed by atoms with Crippen molar-refractivity contribution in [2.75, 3.05) is 0 Å². The van der Waals surface area contributed by atoms with E-state index in [1.54, 1.807) is 31.2 Å². The predicted octanol–water partition coefficient (Wildman–Crippen LogP) is 3.71. The largest absolute Gasteiger partial charge is 0.416 e. The lowest BCUT2D eigenvalue weighted by atomic mass is 10.2. The van der Waals surface area contributed by atoms with Gasteiger partial charge >= 0.3 is 6.18 Å². The summed E-state index contributed by atoms with van der Waals surface area (Å²) in [5.74, 6) is 0.420. The molecule has 0 amide bonds. The van der Waals surface area contributed by atoms with Gasteiger partial charge in [0, 0.05) is 0 Å². The number of hydrogen-bond donors (Lipinski definition) is 0. The molecule has 2 aromatic carbocycles. The van der Waals surface area contributed by atoms with Gasteiger partial charge in [-0.25, -0.2) is 4.98 Å². The molecule has 1 aromatic heterocycles. The molecule has 0 fully saturated rings. The van der Waals surface area contributed by atoms with Crippen molar-refractivity contribution in [1.82, 2.24) is 9.55 Å². The normalized spacial score (nSPS) is 11.8. The van der Waals surface area contributed by atoms with E-state index in [1.807, 2.05) is 0 Å². The number of fused-ring (bicyclic) bond motifs is 1. The van der Waals surface area contributed by atoms with Crippen molar-refractivity contribution in [2.24, 2.45) is 0 Å². The van der Waals surface area contributed by atoms with E-state index < -0.39 is 11.7 Å². The fourth-order valence-corrected chi connectivity index (χ4v) is 2.35. The van der Waals surface area contributed by atoms with Crippen LogP contribution in [0.3, 0.4) is 0 Å². The third-order valence-electron chi connectivity index (χ3n) is 3.40. The molecule has 6 heteroatoms. The Balaban J connectivity index is 2.20. The van der Waals surface area contributed by atoms with Crippen LogP contribution in [0.15, 0.2) is 53.3 Å². The van der Waals surface area contributed by atoms with E-state index in [4.69, 9.17) is 0 Å². The molecule has 0 aliphatic heterocycles. The Morgan fingerprint density at radius 2 is 1.64 bits per heavy atom. The molecule has 0 aliphatic rings. The minimum atomic E-state index is -4.40.